The zero-order chi connectivity index (χ0) is 14.7. The third-order valence-electron chi connectivity index (χ3n) is 2.76. The van der Waals surface area contributed by atoms with E-state index < -0.39 is 4.92 Å². The zero-order valence-electron chi connectivity index (χ0n) is 10.9. The number of nitro benzene ring substituents is 1. The van der Waals surface area contributed by atoms with Gasteiger partial charge in [0.15, 0.2) is 10.9 Å². The normalized spacial score (nSPS) is 10.6. The number of imidazole rings is 1. The van der Waals surface area contributed by atoms with Crippen molar-refractivity contribution in [3.8, 4) is 5.75 Å². The second-order valence-corrected chi connectivity index (χ2v) is 4.98. The lowest BCUT2D eigenvalue weighted by Gasteiger charge is -2.06. The highest BCUT2D eigenvalue weighted by molar-refractivity contribution is 7.99. The van der Waals surface area contributed by atoms with Gasteiger partial charge in [0, 0.05) is 24.1 Å². The predicted molar refractivity (Wildman–Crippen MR) is 72.9 cm³/mol. The van der Waals surface area contributed by atoms with Crippen molar-refractivity contribution < 1.29 is 14.8 Å². The first kappa shape index (κ1) is 14.4. The average molecular weight is 295 g/mol. The van der Waals surface area contributed by atoms with E-state index in [1.165, 1.54) is 24.9 Å². The molecule has 1 aromatic carbocycles. The van der Waals surface area contributed by atoms with Crippen molar-refractivity contribution in [2.24, 2.45) is 7.05 Å². The summed E-state index contributed by atoms with van der Waals surface area (Å²) in [6, 6.07) is 4.63. The van der Waals surface area contributed by atoms with Crippen LogP contribution in [0.25, 0.3) is 0 Å². The van der Waals surface area contributed by atoms with Gasteiger partial charge in [-0.2, -0.15) is 0 Å². The number of aromatic nitrogens is 2. The molecule has 1 heterocycles. The van der Waals surface area contributed by atoms with Crippen molar-refractivity contribution in [3.05, 3.63) is 40.2 Å². The van der Waals surface area contributed by atoms with Gasteiger partial charge >= 0.3 is 5.69 Å². The summed E-state index contributed by atoms with van der Waals surface area (Å²) < 4.78 is 6.78. The number of methoxy groups -OCH3 is 1. The van der Waals surface area contributed by atoms with Gasteiger partial charge in [0.25, 0.3) is 0 Å². The van der Waals surface area contributed by atoms with Crippen LogP contribution in [0.3, 0.4) is 0 Å². The Morgan fingerprint density at radius 3 is 2.85 bits per heavy atom. The fourth-order valence-electron chi connectivity index (χ4n) is 1.65. The van der Waals surface area contributed by atoms with Crippen LogP contribution in [0.15, 0.2) is 34.4 Å². The van der Waals surface area contributed by atoms with E-state index in [-0.39, 0.29) is 18.0 Å². The summed E-state index contributed by atoms with van der Waals surface area (Å²) in [5.41, 5.74) is 0.620. The molecule has 0 saturated carbocycles. The molecule has 0 bridgehead atoms. The Kier molecular flexibility index (Phi) is 4.26. The van der Waals surface area contributed by atoms with Crippen LogP contribution in [0.1, 0.15) is 5.69 Å². The molecule has 0 aliphatic rings. The molecule has 106 valence electrons. The molecule has 7 nitrogen and oxygen atoms in total. The number of benzene rings is 1. The molecule has 0 aliphatic heterocycles. The van der Waals surface area contributed by atoms with Crippen LogP contribution in [0.5, 0.6) is 5.75 Å². The highest BCUT2D eigenvalue weighted by atomic mass is 32.2. The van der Waals surface area contributed by atoms with Crippen molar-refractivity contribution in [1.29, 1.82) is 0 Å². The Balaban J connectivity index is 2.30. The smallest absolute Gasteiger partial charge is 0.310 e. The largest absolute Gasteiger partial charge is 0.490 e. The second-order valence-electron chi connectivity index (χ2n) is 3.94. The van der Waals surface area contributed by atoms with Gasteiger partial charge in [0.05, 0.1) is 30.5 Å². The lowest BCUT2D eigenvalue weighted by molar-refractivity contribution is -0.385. The van der Waals surface area contributed by atoms with E-state index in [0.29, 0.717) is 10.9 Å². The molecule has 0 radical (unpaired) electrons. The molecule has 0 fully saturated rings. The maximum absolute atomic E-state index is 10.8. The summed E-state index contributed by atoms with van der Waals surface area (Å²) in [4.78, 5) is 15.3. The molecule has 0 amide bonds. The molecule has 8 heteroatoms. The summed E-state index contributed by atoms with van der Waals surface area (Å²) in [6.07, 6.45) is 1.59. The number of nitro groups is 1. The van der Waals surface area contributed by atoms with E-state index in [1.54, 1.807) is 29.9 Å². The first-order valence-corrected chi connectivity index (χ1v) is 6.50. The maximum atomic E-state index is 10.8. The number of ether oxygens (including phenoxy) is 1. The molecule has 0 spiro atoms. The summed E-state index contributed by atoms with van der Waals surface area (Å²) in [5.74, 6) is 0.205. The number of hydrogen-bond donors (Lipinski definition) is 1. The highest BCUT2D eigenvalue weighted by Crippen LogP contribution is 2.34. The molecular weight excluding hydrogens is 282 g/mol. The molecule has 2 rings (SSSR count). The van der Waals surface area contributed by atoms with E-state index in [0.717, 1.165) is 4.90 Å². The number of aliphatic hydroxyl groups is 1. The summed E-state index contributed by atoms with van der Waals surface area (Å²) >= 11 is 1.34. The Morgan fingerprint density at radius 2 is 2.30 bits per heavy atom. The minimum Gasteiger partial charge on any atom is -0.490 e. The van der Waals surface area contributed by atoms with E-state index in [1.807, 2.05) is 0 Å². The van der Waals surface area contributed by atoms with Crippen LogP contribution in [-0.2, 0) is 13.7 Å². The molecule has 0 unspecified atom stereocenters. The maximum Gasteiger partial charge on any atom is 0.310 e. The number of hydrogen-bond acceptors (Lipinski definition) is 6. The molecular formula is C12H13N3O4S. The topological polar surface area (TPSA) is 90.4 Å². The van der Waals surface area contributed by atoms with Gasteiger partial charge in [-0.25, -0.2) is 4.98 Å². The van der Waals surface area contributed by atoms with Crippen molar-refractivity contribution >= 4 is 17.4 Å². The van der Waals surface area contributed by atoms with Gasteiger partial charge in [0.2, 0.25) is 0 Å². The van der Waals surface area contributed by atoms with Crippen LogP contribution >= 0.6 is 11.8 Å². The van der Waals surface area contributed by atoms with Crippen molar-refractivity contribution in [1.82, 2.24) is 9.55 Å². The SMILES string of the molecule is COc1cc(Sc2ncc(CO)n2C)ccc1[N+](=O)[O-]. The molecule has 0 aliphatic carbocycles. The molecule has 1 aromatic heterocycles. The standard InChI is InChI=1S/C12H13N3O4S/c1-14-8(7-16)6-13-12(14)20-9-3-4-10(15(17)18)11(5-9)19-2/h3-6,16H,7H2,1-2H3. The van der Waals surface area contributed by atoms with Crippen LogP contribution in [0, 0.1) is 10.1 Å². The number of nitrogens with zero attached hydrogens (tertiary/aromatic N) is 3. The van der Waals surface area contributed by atoms with Gasteiger partial charge in [-0.3, -0.25) is 10.1 Å². The number of aliphatic hydroxyl groups excluding tert-OH is 1. The molecule has 0 atom stereocenters. The lowest BCUT2D eigenvalue weighted by Crippen LogP contribution is -1.97. The van der Waals surface area contributed by atoms with Crippen LogP contribution in [-0.4, -0.2) is 26.7 Å². The van der Waals surface area contributed by atoms with Crippen LogP contribution in [0.2, 0.25) is 0 Å². The predicted octanol–water partition coefficient (Wildman–Crippen LogP) is 1.98. The van der Waals surface area contributed by atoms with Gasteiger partial charge in [-0.05, 0) is 6.07 Å². The second kappa shape index (κ2) is 5.93. The van der Waals surface area contributed by atoms with Crippen molar-refractivity contribution in [2.75, 3.05) is 7.11 Å². The fourth-order valence-corrected chi connectivity index (χ4v) is 2.52. The van der Waals surface area contributed by atoms with Gasteiger partial charge in [-0.1, -0.05) is 11.8 Å². The van der Waals surface area contributed by atoms with Crippen LogP contribution < -0.4 is 4.74 Å². The molecule has 1 N–H and O–H groups in total. The monoisotopic (exact) mass is 295 g/mol. The van der Waals surface area contributed by atoms with Gasteiger partial charge < -0.3 is 14.4 Å². The van der Waals surface area contributed by atoms with Gasteiger partial charge in [0.1, 0.15) is 0 Å². The Bertz CT molecular complexity index is 642. The average Bonchev–Trinajstić information content (AvgIpc) is 2.79. The Hall–Kier alpha value is -2.06. The molecule has 20 heavy (non-hydrogen) atoms. The molecule has 0 saturated heterocycles. The van der Waals surface area contributed by atoms with Crippen molar-refractivity contribution in [2.45, 2.75) is 16.7 Å². The van der Waals surface area contributed by atoms with E-state index in [2.05, 4.69) is 4.98 Å². The van der Waals surface area contributed by atoms with E-state index in [9.17, 15) is 10.1 Å². The fraction of sp³-hybridized carbons (Fsp3) is 0.250. The quantitative estimate of drug-likeness (QED) is 0.670. The van der Waals surface area contributed by atoms with Crippen LogP contribution in [0.4, 0.5) is 5.69 Å². The van der Waals surface area contributed by atoms with E-state index >= 15 is 0 Å². The first-order valence-electron chi connectivity index (χ1n) is 5.68. The lowest BCUT2D eigenvalue weighted by atomic mass is 10.3. The Morgan fingerprint density at radius 1 is 1.55 bits per heavy atom. The minimum absolute atomic E-state index is 0.0762. The Labute approximate surface area is 119 Å². The summed E-state index contributed by atoms with van der Waals surface area (Å²) in [5, 5.41) is 20.6. The highest BCUT2D eigenvalue weighted by Gasteiger charge is 2.16. The molecule has 2 aromatic rings. The summed E-state index contributed by atoms with van der Waals surface area (Å²) in [7, 11) is 3.19. The number of rotatable bonds is 5. The third-order valence-corrected chi connectivity index (χ3v) is 3.81. The first-order chi connectivity index (χ1) is 9.56. The van der Waals surface area contributed by atoms with Crippen molar-refractivity contribution in [3.63, 3.8) is 0 Å². The summed E-state index contributed by atoms with van der Waals surface area (Å²) in [6.45, 7) is -0.0896. The zero-order valence-corrected chi connectivity index (χ0v) is 11.8. The minimum atomic E-state index is -0.488. The third kappa shape index (κ3) is 2.75. The van der Waals surface area contributed by atoms with E-state index in [4.69, 9.17) is 9.84 Å². The van der Waals surface area contributed by atoms with Gasteiger partial charge in [-0.15, -0.1) is 0 Å².